The summed E-state index contributed by atoms with van der Waals surface area (Å²) in [5, 5.41) is 0. The van der Waals surface area contributed by atoms with E-state index in [1.807, 2.05) is 33.2 Å². The molecular formula is C14H22N2O2S. The largest absolute Gasteiger partial charge is 0.305 e. The Hall–Kier alpha value is -0.910. The SMILES string of the molecule is Cc1ccc(S(=O)(=O)N[C@@H]2CCC[C@@H]2N(C)C)cc1. The van der Waals surface area contributed by atoms with Crippen molar-refractivity contribution in [2.24, 2.45) is 0 Å². The fraction of sp³-hybridized carbons (Fsp3) is 0.571. The van der Waals surface area contributed by atoms with Crippen LogP contribution >= 0.6 is 0 Å². The van der Waals surface area contributed by atoms with E-state index < -0.39 is 10.0 Å². The minimum atomic E-state index is -3.40. The van der Waals surface area contributed by atoms with Gasteiger partial charge in [0.1, 0.15) is 0 Å². The van der Waals surface area contributed by atoms with Crippen molar-refractivity contribution in [3.63, 3.8) is 0 Å². The highest BCUT2D eigenvalue weighted by Gasteiger charge is 2.32. The number of hydrogen-bond acceptors (Lipinski definition) is 3. The molecule has 1 aromatic rings. The van der Waals surface area contributed by atoms with Gasteiger partial charge in [-0.15, -0.1) is 0 Å². The van der Waals surface area contributed by atoms with E-state index in [0.717, 1.165) is 24.8 Å². The van der Waals surface area contributed by atoms with E-state index in [4.69, 9.17) is 0 Å². The lowest BCUT2D eigenvalue weighted by Gasteiger charge is -2.26. The van der Waals surface area contributed by atoms with Gasteiger partial charge in [0, 0.05) is 12.1 Å². The molecule has 106 valence electrons. The molecule has 2 atom stereocenters. The summed E-state index contributed by atoms with van der Waals surface area (Å²) in [6.07, 6.45) is 3.03. The molecule has 1 aliphatic carbocycles. The van der Waals surface area contributed by atoms with Gasteiger partial charge in [-0.2, -0.15) is 0 Å². The third kappa shape index (κ3) is 3.35. The second-order valence-electron chi connectivity index (χ2n) is 5.50. The van der Waals surface area contributed by atoms with E-state index in [0.29, 0.717) is 10.9 Å². The lowest BCUT2D eigenvalue weighted by Crippen LogP contribution is -2.45. The summed E-state index contributed by atoms with van der Waals surface area (Å²) >= 11 is 0. The maximum atomic E-state index is 12.3. The Morgan fingerprint density at radius 2 is 1.79 bits per heavy atom. The highest BCUT2D eigenvalue weighted by Crippen LogP contribution is 2.24. The van der Waals surface area contributed by atoms with Gasteiger partial charge in [0.2, 0.25) is 10.0 Å². The number of nitrogens with zero attached hydrogens (tertiary/aromatic N) is 1. The zero-order chi connectivity index (χ0) is 14.0. The Bertz CT molecular complexity index is 523. The molecule has 0 bridgehead atoms. The van der Waals surface area contributed by atoms with Crippen molar-refractivity contribution < 1.29 is 8.42 Å². The number of sulfonamides is 1. The fourth-order valence-corrected chi connectivity index (χ4v) is 3.98. The lowest BCUT2D eigenvalue weighted by atomic mass is 10.2. The van der Waals surface area contributed by atoms with Crippen LogP contribution in [0.3, 0.4) is 0 Å². The maximum absolute atomic E-state index is 12.3. The summed E-state index contributed by atoms with van der Waals surface area (Å²) in [6.45, 7) is 1.95. The topological polar surface area (TPSA) is 49.4 Å². The maximum Gasteiger partial charge on any atom is 0.240 e. The minimum Gasteiger partial charge on any atom is -0.305 e. The van der Waals surface area contributed by atoms with Gasteiger partial charge >= 0.3 is 0 Å². The van der Waals surface area contributed by atoms with Gasteiger partial charge in [0.25, 0.3) is 0 Å². The summed E-state index contributed by atoms with van der Waals surface area (Å²) in [6, 6.07) is 7.29. The summed E-state index contributed by atoms with van der Waals surface area (Å²) in [5.74, 6) is 0. The first-order valence-corrected chi connectivity index (χ1v) is 8.14. The lowest BCUT2D eigenvalue weighted by molar-refractivity contribution is 0.267. The van der Waals surface area contributed by atoms with Crippen molar-refractivity contribution in [3.05, 3.63) is 29.8 Å². The van der Waals surface area contributed by atoms with Crippen LogP contribution in [0.2, 0.25) is 0 Å². The molecule has 0 amide bonds. The number of hydrogen-bond donors (Lipinski definition) is 1. The molecule has 1 N–H and O–H groups in total. The van der Waals surface area contributed by atoms with Gasteiger partial charge in [-0.05, 0) is 46.0 Å². The summed E-state index contributed by atoms with van der Waals surface area (Å²) in [7, 11) is 0.603. The predicted octanol–water partition coefficient (Wildman–Crippen LogP) is 1.76. The number of nitrogens with one attached hydrogen (secondary N) is 1. The Morgan fingerprint density at radius 3 is 2.37 bits per heavy atom. The molecule has 1 fully saturated rings. The van der Waals surface area contributed by atoms with Gasteiger partial charge in [0.15, 0.2) is 0 Å². The zero-order valence-electron chi connectivity index (χ0n) is 11.8. The second-order valence-corrected chi connectivity index (χ2v) is 7.22. The van der Waals surface area contributed by atoms with Crippen molar-refractivity contribution in [3.8, 4) is 0 Å². The van der Waals surface area contributed by atoms with Crippen molar-refractivity contribution in [1.29, 1.82) is 0 Å². The van der Waals surface area contributed by atoms with Crippen LogP contribution in [0.1, 0.15) is 24.8 Å². The molecule has 1 saturated carbocycles. The number of likely N-dealkylation sites (N-methyl/N-ethyl adjacent to an activating group) is 1. The van der Waals surface area contributed by atoms with Crippen molar-refractivity contribution in [1.82, 2.24) is 9.62 Å². The number of rotatable bonds is 4. The van der Waals surface area contributed by atoms with Crippen LogP contribution in [0.15, 0.2) is 29.2 Å². The molecule has 0 aliphatic heterocycles. The Labute approximate surface area is 115 Å². The van der Waals surface area contributed by atoms with Crippen molar-refractivity contribution in [2.45, 2.75) is 43.2 Å². The standard InChI is InChI=1S/C14H22N2O2S/c1-11-7-9-12(10-8-11)19(17,18)15-13-5-4-6-14(13)16(2)3/h7-10,13-15H,4-6H2,1-3H3/t13-,14+/m1/s1. The van der Waals surface area contributed by atoms with Crippen LogP contribution in [0.25, 0.3) is 0 Å². The Kier molecular flexibility index (Phi) is 4.28. The molecule has 2 rings (SSSR count). The first-order valence-electron chi connectivity index (χ1n) is 6.65. The molecule has 5 heteroatoms. The van der Waals surface area contributed by atoms with Crippen LogP contribution in [-0.4, -0.2) is 39.5 Å². The molecule has 0 heterocycles. The number of benzene rings is 1. The van der Waals surface area contributed by atoms with E-state index in [2.05, 4.69) is 9.62 Å². The molecule has 1 aromatic carbocycles. The van der Waals surface area contributed by atoms with Gasteiger partial charge in [-0.25, -0.2) is 13.1 Å². The van der Waals surface area contributed by atoms with Crippen LogP contribution in [0.4, 0.5) is 0 Å². The van der Waals surface area contributed by atoms with Crippen LogP contribution in [0, 0.1) is 6.92 Å². The average molecular weight is 282 g/mol. The monoisotopic (exact) mass is 282 g/mol. The molecular weight excluding hydrogens is 260 g/mol. The summed E-state index contributed by atoms with van der Waals surface area (Å²) < 4.78 is 27.5. The smallest absolute Gasteiger partial charge is 0.240 e. The average Bonchev–Trinajstić information content (AvgIpc) is 2.77. The zero-order valence-corrected chi connectivity index (χ0v) is 12.6. The predicted molar refractivity (Wildman–Crippen MR) is 76.6 cm³/mol. The van der Waals surface area contributed by atoms with E-state index in [1.165, 1.54) is 0 Å². The fourth-order valence-electron chi connectivity index (χ4n) is 2.68. The highest BCUT2D eigenvalue weighted by molar-refractivity contribution is 7.89. The molecule has 0 spiro atoms. The molecule has 19 heavy (non-hydrogen) atoms. The molecule has 0 aromatic heterocycles. The van der Waals surface area contributed by atoms with Gasteiger partial charge in [-0.1, -0.05) is 24.1 Å². The molecule has 0 unspecified atom stereocenters. The normalized spacial score (nSPS) is 24.0. The van der Waals surface area contributed by atoms with E-state index in [-0.39, 0.29) is 6.04 Å². The molecule has 1 aliphatic rings. The third-order valence-corrected chi connectivity index (χ3v) is 5.29. The highest BCUT2D eigenvalue weighted by atomic mass is 32.2. The van der Waals surface area contributed by atoms with E-state index in [9.17, 15) is 8.42 Å². The van der Waals surface area contributed by atoms with Crippen molar-refractivity contribution in [2.75, 3.05) is 14.1 Å². The Morgan fingerprint density at radius 1 is 1.16 bits per heavy atom. The summed E-state index contributed by atoms with van der Waals surface area (Å²) in [4.78, 5) is 2.46. The third-order valence-electron chi connectivity index (χ3n) is 3.78. The first kappa shape index (κ1) is 14.5. The van der Waals surface area contributed by atoms with Crippen LogP contribution in [-0.2, 0) is 10.0 Å². The molecule has 4 nitrogen and oxygen atoms in total. The van der Waals surface area contributed by atoms with Crippen LogP contribution in [0.5, 0.6) is 0 Å². The minimum absolute atomic E-state index is 0.0151. The Balaban J connectivity index is 2.15. The van der Waals surface area contributed by atoms with Gasteiger partial charge in [-0.3, -0.25) is 0 Å². The quantitative estimate of drug-likeness (QED) is 0.915. The number of aryl methyl sites for hydroxylation is 1. The van der Waals surface area contributed by atoms with Crippen molar-refractivity contribution >= 4 is 10.0 Å². The van der Waals surface area contributed by atoms with E-state index >= 15 is 0 Å². The second kappa shape index (κ2) is 5.61. The van der Waals surface area contributed by atoms with Gasteiger partial charge < -0.3 is 4.90 Å². The summed E-state index contributed by atoms with van der Waals surface area (Å²) in [5.41, 5.74) is 1.06. The van der Waals surface area contributed by atoms with Crippen LogP contribution < -0.4 is 4.72 Å². The van der Waals surface area contributed by atoms with Gasteiger partial charge in [0.05, 0.1) is 4.90 Å². The molecule has 0 radical (unpaired) electrons. The molecule has 0 saturated heterocycles. The first-order chi connectivity index (χ1) is 8.90. The van der Waals surface area contributed by atoms with E-state index in [1.54, 1.807) is 12.1 Å².